The van der Waals surface area contributed by atoms with Crippen molar-refractivity contribution >= 4 is 5.97 Å². The molecule has 3 nitrogen and oxygen atoms in total. The number of ether oxygens (including phenoxy) is 1. The van der Waals surface area contributed by atoms with E-state index < -0.39 is 24.4 Å². The summed E-state index contributed by atoms with van der Waals surface area (Å²) in [5.41, 5.74) is -1.13. The van der Waals surface area contributed by atoms with Gasteiger partial charge in [-0.25, -0.2) is 4.79 Å². The molecule has 0 aromatic rings. The van der Waals surface area contributed by atoms with Crippen LogP contribution in [0.15, 0.2) is 0 Å². The minimum absolute atomic E-state index is 0.124. The fourth-order valence-electron chi connectivity index (χ4n) is 2.38. The van der Waals surface area contributed by atoms with Crippen LogP contribution in [0.3, 0.4) is 0 Å². The van der Waals surface area contributed by atoms with E-state index in [9.17, 15) is 23.1 Å². The van der Waals surface area contributed by atoms with Gasteiger partial charge in [-0.2, -0.15) is 13.2 Å². The smallest absolute Gasteiger partial charge is 0.456 e. The zero-order valence-corrected chi connectivity index (χ0v) is 8.64. The van der Waals surface area contributed by atoms with Crippen LogP contribution in [0.1, 0.15) is 32.1 Å². The van der Waals surface area contributed by atoms with Crippen molar-refractivity contribution in [3.63, 3.8) is 0 Å². The Bertz CT molecular complexity index is 309. The van der Waals surface area contributed by atoms with Crippen molar-refractivity contribution in [2.24, 2.45) is 5.41 Å². The van der Waals surface area contributed by atoms with Crippen LogP contribution in [0.5, 0.6) is 0 Å². The molecular formula is C10H13F3O3. The molecule has 16 heavy (non-hydrogen) atoms. The van der Waals surface area contributed by atoms with E-state index >= 15 is 0 Å². The number of aliphatic hydroxyl groups is 1. The number of esters is 1. The first-order valence-corrected chi connectivity index (χ1v) is 5.21. The summed E-state index contributed by atoms with van der Waals surface area (Å²) in [6.45, 7) is -0.549. The van der Waals surface area contributed by atoms with Gasteiger partial charge in [0.2, 0.25) is 0 Å². The SMILES string of the molecule is O=C(OCC1(O)CCC2(CC2)C1)C(F)(F)F. The highest BCUT2D eigenvalue weighted by atomic mass is 19.4. The lowest BCUT2D eigenvalue weighted by atomic mass is 10.00. The minimum atomic E-state index is -4.98. The van der Waals surface area contributed by atoms with Gasteiger partial charge in [0.25, 0.3) is 0 Å². The van der Waals surface area contributed by atoms with Gasteiger partial charge < -0.3 is 9.84 Å². The van der Waals surface area contributed by atoms with Gasteiger partial charge in [0.15, 0.2) is 0 Å². The van der Waals surface area contributed by atoms with E-state index in [2.05, 4.69) is 4.74 Å². The topological polar surface area (TPSA) is 46.5 Å². The van der Waals surface area contributed by atoms with Gasteiger partial charge in [-0.15, -0.1) is 0 Å². The summed E-state index contributed by atoms with van der Waals surface area (Å²) in [7, 11) is 0. The average molecular weight is 238 g/mol. The first kappa shape index (κ1) is 11.7. The summed E-state index contributed by atoms with van der Waals surface area (Å²) in [6, 6.07) is 0. The Morgan fingerprint density at radius 1 is 1.25 bits per heavy atom. The Morgan fingerprint density at radius 3 is 2.25 bits per heavy atom. The van der Waals surface area contributed by atoms with Crippen LogP contribution in [-0.4, -0.2) is 29.5 Å². The maximum Gasteiger partial charge on any atom is 0.490 e. The molecule has 0 heterocycles. The molecule has 2 aliphatic carbocycles. The van der Waals surface area contributed by atoms with E-state index in [1.165, 1.54) is 0 Å². The van der Waals surface area contributed by atoms with Crippen molar-refractivity contribution in [1.82, 2.24) is 0 Å². The molecule has 0 saturated heterocycles. The molecule has 0 radical (unpaired) electrons. The molecule has 6 heteroatoms. The van der Waals surface area contributed by atoms with Gasteiger partial charge in [-0.3, -0.25) is 0 Å². The molecule has 2 fully saturated rings. The lowest BCUT2D eigenvalue weighted by molar-refractivity contribution is -0.205. The quantitative estimate of drug-likeness (QED) is 0.746. The number of hydrogen-bond donors (Lipinski definition) is 1. The van der Waals surface area contributed by atoms with Crippen LogP contribution in [0, 0.1) is 5.41 Å². The molecule has 1 spiro atoms. The van der Waals surface area contributed by atoms with E-state index in [1.807, 2.05) is 0 Å². The predicted molar refractivity (Wildman–Crippen MR) is 47.5 cm³/mol. The Morgan fingerprint density at radius 2 is 1.81 bits per heavy atom. The molecule has 0 aromatic carbocycles. The highest BCUT2D eigenvalue weighted by molar-refractivity contribution is 5.75. The zero-order chi connectivity index (χ0) is 12.0. The maximum atomic E-state index is 11.9. The second-order valence-electron chi connectivity index (χ2n) is 4.98. The third-order valence-electron chi connectivity index (χ3n) is 3.49. The Labute approximate surface area is 90.6 Å². The molecule has 0 aliphatic heterocycles. The van der Waals surface area contributed by atoms with Gasteiger partial charge in [0.05, 0.1) is 5.60 Å². The van der Waals surface area contributed by atoms with E-state index in [-0.39, 0.29) is 5.41 Å². The minimum Gasteiger partial charge on any atom is -0.456 e. The summed E-state index contributed by atoms with van der Waals surface area (Å²) in [5.74, 6) is -2.22. The van der Waals surface area contributed by atoms with Gasteiger partial charge in [0, 0.05) is 0 Å². The van der Waals surface area contributed by atoms with Crippen molar-refractivity contribution in [3.8, 4) is 0 Å². The van der Waals surface area contributed by atoms with E-state index in [0.29, 0.717) is 12.8 Å². The molecule has 2 aliphatic rings. The highest BCUT2D eigenvalue weighted by Crippen LogP contribution is 2.60. The van der Waals surface area contributed by atoms with Crippen LogP contribution in [0.25, 0.3) is 0 Å². The number of hydrogen-bond acceptors (Lipinski definition) is 3. The number of carbonyl (C=O) groups is 1. The van der Waals surface area contributed by atoms with Crippen LogP contribution < -0.4 is 0 Å². The Hall–Kier alpha value is -0.780. The van der Waals surface area contributed by atoms with Crippen molar-refractivity contribution in [2.45, 2.75) is 43.9 Å². The number of carbonyl (C=O) groups excluding carboxylic acids is 1. The lowest BCUT2D eigenvalue weighted by Gasteiger charge is -2.22. The Balaban J connectivity index is 1.84. The molecule has 1 unspecified atom stereocenters. The van der Waals surface area contributed by atoms with Crippen LogP contribution in [0.2, 0.25) is 0 Å². The van der Waals surface area contributed by atoms with Crippen molar-refractivity contribution in [1.29, 1.82) is 0 Å². The standard InChI is InChI=1S/C10H13F3O3/c11-10(12,13)7(14)16-6-9(15)4-3-8(5-9)1-2-8/h15H,1-6H2. The van der Waals surface area contributed by atoms with Gasteiger partial charge in [-0.05, 0) is 37.5 Å². The van der Waals surface area contributed by atoms with Crippen LogP contribution in [-0.2, 0) is 9.53 Å². The predicted octanol–water partition coefficient (Wildman–Crippen LogP) is 1.79. The van der Waals surface area contributed by atoms with E-state index in [0.717, 1.165) is 19.3 Å². The maximum absolute atomic E-state index is 11.9. The van der Waals surface area contributed by atoms with Crippen LogP contribution >= 0.6 is 0 Å². The van der Waals surface area contributed by atoms with Gasteiger partial charge in [-0.1, -0.05) is 0 Å². The first-order valence-electron chi connectivity index (χ1n) is 5.21. The molecule has 1 atom stereocenters. The molecule has 2 saturated carbocycles. The average Bonchev–Trinajstić information content (AvgIpc) is 2.81. The third-order valence-corrected chi connectivity index (χ3v) is 3.49. The van der Waals surface area contributed by atoms with E-state index in [4.69, 9.17) is 0 Å². The molecule has 0 amide bonds. The summed E-state index contributed by atoms with van der Waals surface area (Å²) in [6.07, 6.45) is -1.27. The van der Waals surface area contributed by atoms with Gasteiger partial charge in [0.1, 0.15) is 6.61 Å². The monoisotopic (exact) mass is 238 g/mol. The largest absolute Gasteiger partial charge is 0.490 e. The summed E-state index contributed by atoms with van der Waals surface area (Å²) in [4.78, 5) is 10.5. The summed E-state index contributed by atoms with van der Waals surface area (Å²) in [5, 5.41) is 9.94. The molecule has 0 bridgehead atoms. The highest BCUT2D eigenvalue weighted by Gasteiger charge is 2.55. The molecular weight excluding hydrogens is 225 g/mol. The number of alkyl halides is 3. The van der Waals surface area contributed by atoms with Crippen LogP contribution in [0.4, 0.5) is 13.2 Å². The third kappa shape index (κ3) is 2.31. The zero-order valence-electron chi connectivity index (χ0n) is 8.64. The number of rotatable bonds is 2. The van der Waals surface area contributed by atoms with Crippen molar-refractivity contribution in [2.75, 3.05) is 6.61 Å². The second kappa shape index (κ2) is 3.35. The fraction of sp³-hybridized carbons (Fsp3) is 0.900. The molecule has 1 N–H and O–H groups in total. The van der Waals surface area contributed by atoms with Gasteiger partial charge >= 0.3 is 12.1 Å². The fourth-order valence-corrected chi connectivity index (χ4v) is 2.38. The molecule has 0 aromatic heterocycles. The van der Waals surface area contributed by atoms with Crippen molar-refractivity contribution < 1.29 is 27.8 Å². The molecule has 92 valence electrons. The summed E-state index contributed by atoms with van der Waals surface area (Å²) >= 11 is 0. The Kier molecular flexibility index (Phi) is 2.45. The normalized spacial score (nSPS) is 31.8. The number of halogens is 3. The summed E-state index contributed by atoms with van der Waals surface area (Å²) < 4.78 is 39.7. The molecule has 2 rings (SSSR count). The second-order valence-corrected chi connectivity index (χ2v) is 4.98. The lowest BCUT2D eigenvalue weighted by Crippen LogP contribution is -2.36. The van der Waals surface area contributed by atoms with Crippen molar-refractivity contribution in [3.05, 3.63) is 0 Å². The first-order chi connectivity index (χ1) is 7.25. The van der Waals surface area contributed by atoms with E-state index in [1.54, 1.807) is 0 Å².